The standard InChI is InChI=1S/C16H29N5O2/c1-4-17-16(18-11-15-5-7-19-20(15)2)21-8-6-14(12-21)13-23-10-9-22-3/h5,7,14H,4,6,8-13H2,1-3H3,(H,17,18). The maximum absolute atomic E-state index is 5.66. The van der Waals surface area contributed by atoms with Gasteiger partial charge in [0.15, 0.2) is 5.96 Å². The molecule has 1 N–H and O–H groups in total. The minimum atomic E-state index is 0.562. The van der Waals surface area contributed by atoms with E-state index in [2.05, 4.69) is 22.2 Å². The van der Waals surface area contributed by atoms with E-state index in [1.54, 1.807) is 13.3 Å². The highest BCUT2D eigenvalue weighted by atomic mass is 16.5. The Bertz CT molecular complexity index is 489. The van der Waals surface area contributed by atoms with Crippen molar-refractivity contribution >= 4 is 5.96 Å². The molecule has 1 aromatic rings. The molecular formula is C16H29N5O2. The van der Waals surface area contributed by atoms with Crippen LogP contribution in [0.5, 0.6) is 0 Å². The second kappa shape index (κ2) is 9.52. The van der Waals surface area contributed by atoms with Crippen molar-refractivity contribution in [3.8, 4) is 0 Å². The first-order chi connectivity index (χ1) is 11.2. The predicted molar refractivity (Wildman–Crippen MR) is 90.4 cm³/mol. The van der Waals surface area contributed by atoms with Gasteiger partial charge in [-0.1, -0.05) is 0 Å². The fourth-order valence-electron chi connectivity index (χ4n) is 2.69. The molecule has 2 rings (SSSR count). The molecule has 23 heavy (non-hydrogen) atoms. The Kier molecular flexibility index (Phi) is 7.35. The summed E-state index contributed by atoms with van der Waals surface area (Å²) in [7, 11) is 3.64. The van der Waals surface area contributed by atoms with E-state index in [0.717, 1.165) is 44.3 Å². The van der Waals surface area contributed by atoms with Crippen LogP contribution < -0.4 is 5.32 Å². The Morgan fingerprint density at radius 2 is 2.35 bits per heavy atom. The summed E-state index contributed by atoms with van der Waals surface area (Å²) in [6.45, 7) is 7.74. The Morgan fingerprint density at radius 3 is 3.04 bits per heavy atom. The molecule has 1 aromatic heterocycles. The Morgan fingerprint density at radius 1 is 1.48 bits per heavy atom. The monoisotopic (exact) mass is 323 g/mol. The summed E-state index contributed by atoms with van der Waals surface area (Å²) < 4.78 is 12.5. The molecule has 1 atom stereocenters. The van der Waals surface area contributed by atoms with Gasteiger partial charge in [-0.05, 0) is 19.4 Å². The summed E-state index contributed by atoms with van der Waals surface area (Å²) in [5, 5.41) is 7.57. The molecule has 2 heterocycles. The lowest BCUT2D eigenvalue weighted by molar-refractivity contribution is 0.0536. The zero-order valence-corrected chi connectivity index (χ0v) is 14.5. The van der Waals surface area contributed by atoms with Crippen LogP contribution >= 0.6 is 0 Å². The van der Waals surface area contributed by atoms with Crippen molar-refractivity contribution in [2.45, 2.75) is 19.9 Å². The van der Waals surface area contributed by atoms with E-state index < -0.39 is 0 Å². The molecule has 0 saturated carbocycles. The maximum atomic E-state index is 5.66. The van der Waals surface area contributed by atoms with Crippen molar-refractivity contribution in [2.75, 3.05) is 46.6 Å². The first-order valence-electron chi connectivity index (χ1n) is 8.31. The summed E-state index contributed by atoms with van der Waals surface area (Å²) in [6.07, 6.45) is 2.95. The highest BCUT2D eigenvalue weighted by Gasteiger charge is 2.24. The smallest absolute Gasteiger partial charge is 0.194 e. The number of hydrogen-bond acceptors (Lipinski definition) is 4. The number of nitrogens with one attached hydrogen (secondary N) is 1. The number of aromatic nitrogens is 2. The van der Waals surface area contributed by atoms with Crippen molar-refractivity contribution in [1.82, 2.24) is 20.0 Å². The van der Waals surface area contributed by atoms with Crippen molar-refractivity contribution in [3.63, 3.8) is 0 Å². The van der Waals surface area contributed by atoms with E-state index in [1.165, 1.54) is 0 Å². The Hall–Kier alpha value is -1.60. The molecular weight excluding hydrogens is 294 g/mol. The van der Waals surface area contributed by atoms with Gasteiger partial charge in [-0.3, -0.25) is 4.68 Å². The first-order valence-corrected chi connectivity index (χ1v) is 8.31. The molecule has 7 nitrogen and oxygen atoms in total. The number of likely N-dealkylation sites (tertiary alicyclic amines) is 1. The van der Waals surface area contributed by atoms with Crippen molar-refractivity contribution in [3.05, 3.63) is 18.0 Å². The van der Waals surface area contributed by atoms with Crippen molar-refractivity contribution < 1.29 is 9.47 Å². The third-order valence-corrected chi connectivity index (χ3v) is 4.02. The second-order valence-electron chi connectivity index (χ2n) is 5.78. The number of aryl methyl sites for hydroxylation is 1. The van der Waals surface area contributed by atoms with Crippen LogP contribution in [-0.4, -0.2) is 67.2 Å². The van der Waals surface area contributed by atoms with Gasteiger partial charge in [0.2, 0.25) is 0 Å². The summed E-state index contributed by atoms with van der Waals surface area (Å²) in [5.74, 6) is 1.54. The van der Waals surface area contributed by atoms with Gasteiger partial charge < -0.3 is 19.7 Å². The van der Waals surface area contributed by atoms with Crippen LogP contribution in [0.4, 0.5) is 0 Å². The van der Waals surface area contributed by atoms with Gasteiger partial charge >= 0.3 is 0 Å². The quantitative estimate of drug-likeness (QED) is 0.437. The van der Waals surface area contributed by atoms with E-state index in [0.29, 0.717) is 25.7 Å². The number of rotatable bonds is 8. The molecule has 0 aromatic carbocycles. The zero-order chi connectivity index (χ0) is 16.5. The fourth-order valence-corrected chi connectivity index (χ4v) is 2.69. The molecule has 130 valence electrons. The average Bonchev–Trinajstić information content (AvgIpc) is 3.17. The van der Waals surface area contributed by atoms with E-state index in [-0.39, 0.29) is 0 Å². The van der Waals surface area contributed by atoms with Crippen LogP contribution in [0.15, 0.2) is 17.3 Å². The zero-order valence-electron chi connectivity index (χ0n) is 14.5. The average molecular weight is 323 g/mol. The number of nitrogens with zero attached hydrogens (tertiary/aromatic N) is 4. The van der Waals surface area contributed by atoms with Gasteiger partial charge in [0.05, 0.1) is 32.1 Å². The highest BCUT2D eigenvalue weighted by molar-refractivity contribution is 5.80. The highest BCUT2D eigenvalue weighted by Crippen LogP contribution is 2.17. The third kappa shape index (κ3) is 5.51. The molecule has 1 fully saturated rings. The Balaban J connectivity index is 1.85. The van der Waals surface area contributed by atoms with Crippen LogP contribution in [-0.2, 0) is 23.1 Å². The van der Waals surface area contributed by atoms with Crippen molar-refractivity contribution in [2.24, 2.45) is 18.0 Å². The molecule has 1 aliphatic rings. The molecule has 0 radical (unpaired) electrons. The van der Waals surface area contributed by atoms with Gasteiger partial charge in [0, 0.05) is 45.9 Å². The minimum absolute atomic E-state index is 0.562. The van der Waals surface area contributed by atoms with E-state index in [4.69, 9.17) is 14.5 Å². The number of guanidine groups is 1. The topological polar surface area (TPSA) is 63.9 Å². The van der Waals surface area contributed by atoms with Crippen LogP contribution in [0.3, 0.4) is 0 Å². The van der Waals surface area contributed by atoms with Crippen LogP contribution in [0.1, 0.15) is 19.0 Å². The molecule has 0 spiro atoms. The van der Waals surface area contributed by atoms with Crippen molar-refractivity contribution in [1.29, 1.82) is 0 Å². The largest absolute Gasteiger partial charge is 0.382 e. The normalized spacial score (nSPS) is 18.7. The minimum Gasteiger partial charge on any atom is -0.382 e. The SMILES string of the molecule is CCNC(=NCc1ccnn1C)N1CCC(COCCOC)C1. The molecule has 0 bridgehead atoms. The second-order valence-corrected chi connectivity index (χ2v) is 5.78. The third-order valence-electron chi connectivity index (χ3n) is 4.02. The van der Waals surface area contributed by atoms with Gasteiger partial charge in [0.25, 0.3) is 0 Å². The lowest BCUT2D eigenvalue weighted by Gasteiger charge is -2.21. The summed E-state index contributed by atoms with van der Waals surface area (Å²) in [4.78, 5) is 7.08. The molecule has 0 amide bonds. The molecule has 1 saturated heterocycles. The number of methoxy groups -OCH3 is 1. The van der Waals surface area contributed by atoms with Gasteiger partial charge in [-0.2, -0.15) is 5.10 Å². The predicted octanol–water partition coefficient (Wildman–Crippen LogP) is 0.871. The molecule has 0 aliphatic carbocycles. The van der Waals surface area contributed by atoms with Gasteiger partial charge in [-0.15, -0.1) is 0 Å². The Labute approximate surface area is 138 Å². The van der Waals surface area contributed by atoms with E-state index >= 15 is 0 Å². The van der Waals surface area contributed by atoms with Gasteiger partial charge in [-0.25, -0.2) is 4.99 Å². The number of aliphatic imine (C=N–C) groups is 1. The lowest BCUT2D eigenvalue weighted by atomic mass is 10.1. The number of ether oxygens (including phenoxy) is 2. The van der Waals surface area contributed by atoms with Gasteiger partial charge in [0.1, 0.15) is 0 Å². The van der Waals surface area contributed by atoms with Crippen LogP contribution in [0.2, 0.25) is 0 Å². The summed E-state index contributed by atoms with van der Waals surface area (Å²) >= 11 is 0. The van der Waals surface area contributed by atoms with E-state index in [1.807, 2.05) is 17.8 Å². The van der Waals surface area contributed by atoms with E-state index in [9.17, 15) is 0 Å². The maximum Gasteiger partial charge on any atom is 0.194 e. The molecule has 7 heteroatoms. The first kappa shape index (κ1) is 17.7. The summed E-state index contributed by atoms with van der Waals surface area (Å²) in [5.41, 5.74) is 1.11. The lowest BCUT2D eigenvalue weighted by Crippen LogP contribution is -2.40. The molecule has 1 aliphatic heterocycles. The number of hydrogen-bond donors (Lipinski definition) is 1. The molecule has 1 unspecified atom stereocenters. The fraction of sp³-hybridized carbons (Fsp3) is 0.750. The summed E-state index contributed by atoms with van der Waals surface area (Å²) in [6, 6.07) is 2.00. The van der Waals surface area contributed by atoms with Crippen LogP contribution in [0.25, 0.3) is 0 Å². The van der Waals surface area contributed by atoms with Crippen LogP contribution in [0, 0.1) is 5.92 Å².